The standard InChI is InChI=1S/C9H17BrN2O.ClH/c1-9(5-7(9)10)6-12-8(13)3-4-11-2;/h7,11H,3-6H2,1-2H3,(H,12,13);1H. The molecule has 1 rings (SSSR count). The number of carbonyl (C=O) groups is 1. The minimum Gasteiger partial charge on any atom is -0.355 e. The molecule has 0 saturated heterocycles. The van der Waals surface area contributed by atoms with E-state index in [1.807, 2.05) is 7.05 Å². The summed E-state index contributed by atoms with van der Waals surface area (Å²) in [6, 6.07) is 0. The summed E-state index contributed by atoms with van der Waals surface area (Å²) in [5.74, 6) is 0.141. The highest BCUT2D eigenvalue weighted by Crippen LogP contribution is 2.50. The van der Waals surface area contributed by atoms with Gasteiger partial charge in [-0.2, -0.15) is 0 Å². The SMILES string of the molecule is CNCCC(=O)NCC1(C)CC1Br.Cl. The van der Waals surface area contributed by atoms with Crippen molar-refractivity contribution in [3.8, 4) is 0 Å². The van der Waals surface area contributed by atoms with E-state index in [4.69, 9.17) is 0 Å². The van der Waals surface area contributed by atoms with Crippen LogP contribution in [0.5, 0.6) is 0 Å². The van der Waals surface area contributed by atoms with Gasteiger partial charge in [-0.1, -0.05) is 22.9 Å². The molecule has 0 aromatic heterocycles. The number of alkyl halides is 1. The molecule has 0 radical (unpaired) electrons. The molecule has 2 N–H and O–H groups in total. The molecule has 3 nitrogen and oxygen atoms in total. The lowest BCUT2D eigenvalue weighted by molar-refractivity contribution is -0.121. The summed E-state index contributed by atoms with van der Waals surface area (Å²) >= 11 is 3.54. The first-order chi connectivity index (χ1) is 6.08. The van der Waals surface area contributed by atoms with Gasteiger partial charge >= 0.3 is 0 Å². The summed E-state index contributed by atoms with van der Waals surface area (Å²) in [6.07, 6.45) is 1.73. The third kappa shape index (κ3) is 4.15. The van der Waals surface area contributed by atoms with Crippen LogP contribution in [-0.2, 0) is 4.79 Å². The molecular formula is C9H18BrClN2O. The summed E-state index contributed by atoms with van der Waals surface area (Å²) in [5.41, 5.74) is 0.301. The highest BCUT2D eigenvalue weighted by molar-refractivity contribution is 9.09. The fourth-order valence-electron chi connectivity index (χ4n) is 1.16. The van der Waals surface area contributed by atoms with Gasteiger partial charge in [0.1, 0.15) is 0 Å². The van der Waals surface area contributed by atoms with Gasteiger partial charge in [0.25, 0.3) is 0 Å². The van der Waals surface area contributed by atoms with Crippen molar-refractivity contribution in [3.63, 3.8) is 0 Å². The first-order valence-corrected chi connectivity index (χ1v) is 5.55. The van der Waals surface area contributed by atoms with Gasteiger partial charge < -0.3 is 10.6 Å². The quantitative estimate of drug-likeness (QED) is 0.748. The van der Waals surface area contributed by atoms with Gasteiger partial charge in [-0.25, -0.2) is 0 Å². The Morgan fingerprint density at radius 3 is 2.64 bits per heavy atom. The smallest absolute Gasteiger partial charge is 0.221 e. The third-order valence-corrected chi connectivity index (χ3v) is 3.96. The molecule has 0 spiro atoms. The van der Waals surface area contributed by atoms with Crippen LogP contribution in [0.4, 0.5) is 0 Å². The van der Waals surface area contributed by atoms with Crippen LogP contribution in [0.15, 0.2) is 0 Å². The molecule has 84 valence electrons. The molecule has 1 fully saturated rings. The van der Waals surface area contributed by atoms with Crippen molar-refractivity contribution in [1.82, 2.24) is 10.6 Å². The Morgan fingerprint density at radius 1 is 1.64 bits per heavy atom. The van der Waals surface area contributed by atoms with Crippen molar-refractivity contribution < 1.29 is 4.79 Å². The minimum atomic E-state index is 0. The highest BCUT2D eigenvalue weighted by Gasteiger charge is 2.48. The van der Waals surface area contributed by atoms with Crippen molar-refractivity contribution in [2.24, 2.45) is 5.41 Å². The lowest BCUT2D eigenvalue weighted by atomic mass is 10.1. The van der Waals surface area contributed by atoms with E-state index >= 15 is 0 Å². The second-order valence-electron chi connectivity index (χ2n) is 3.96. The number of hydrogen-bond acceptors (Lipinski definition) is 2. The van der Waals surface area contributed by atoms with Gasteiger partial charge in [-0.05, 0) is 18.9 Å². The molecule has 0 bridgehead atoms. The molecule has 1 saturated carbocycles. The zero-order valence-electron chi connectivity index (χ0n) is 8.60. The van der Waals surface area contributed by atoms with E-state index in [1.165, 1.54) is 6.42 Å². The fraction of sp³-hybridized carbons (Fsp3) is 0.889. The van der Waals surface area contributed by atoms with E-state index in [9.17, 15) is 4.79 Å². The van der Waals surface area contributed by atoms with Gasteiger partial charge in [0.05, 0.1) is 0 Å². The molecular weight excluding hydrogens is 267 g/mol. The fourth-order valence-corrected chi connectivity index (χ4v) is 2.06. The van der Waals surface area contributed by atoms with Crippen LogP contribution in [-0.4, -0.2) is 30.9 Å². The second-order valence-corrected chi connectivity index (χ2v) is 5.06. The molecule has 1 aliphatic carbocycles. The zero-order valence-corrected chi connectivity index (χ0v) is 11.0. The van der Waals surface area contributed by atoms with Gasteiger partial charge in [-0.3, -0.25) is 4.79 Å². The van der Waals surface area contributed by atoms with Crippen LogP contribution in [0.2, 0.25) is 0 Å². The van der Waals surface area contributed by atoms with Crippen molar-refractivity contribution >= 4 is 34.2 Å². The number of amides is 1. The topological polar surface area (TPSA) is 41.1 Å². The Kier molecular flexibility index (Phi) is 6.02. The van der Waals surface area contributed by atoms with E-state index < -0.39 is 0 Å². The lowest BCUT2D eigenvalue weighted by Crippen LogP contribution is -2.31. The van der Waals surface area contributed by atoms with Crippen molar-refractivity contribution in [2.45, 2.75) is 24.6 Å². The molecule has 0 aromatic carbocycles. The highest BCUT2D eigenvalue weighted by atomic mass is 79.9. The number of nitrogens with one attached hydrogen (secondary N) is 2. The average Bonchev–Trinajstić information content (AvgIpc) is 2.68. The Balaban J connectivity index is 0.00000169. The van der Waals surface area contributed by atoms with E-state index in [0.717, 1.165) is 13.1 Å². The summed E-state index contributed by atoms with van der Waals surface area (Å²) < 4.78 is 0. The second kappa shape index (κ2) is 5.93. The average molecular weight is 286 g/mol. The molecule has 0 heterocycles. The Labute approximate surface area is 99.9 Å². The predicted molar refractivity (Wildman–Crippen MR) is 64.2 cm³/mol. The van der Waals surface area contributed by atoms with Crippen LogP contribution < -0.4 is 10.6 Å². The Hall–Kier alpha value is 0.200. The van der Waals surface area contributed by atoms with Crippen LogP contribution in [0.1, 0.15) is 19.8 Å². The number of carbonyl (C=O) groups excluding carboxylic acids is 1. The van der Waals surface area contributed by atoms with E-state index in [-0.39, 0.29) is 18.3 Å². The summed E-state index contributed by atoms with van der Waals surface area (Å²) in [6.45, 7) is 3.73. The van der Waals surface area contributed by atoms with Gasteiger partial charge in [0, 0.05) is 24.3 Å². The number of halogens is 2. The maximum absolute atomic E-state index is 11.2. The summed E-state index contributed by atoms with van der Waals surface area (Å²) in [5, 5.41) is 5.89. The zero-order chi connectivity index (χ0) is 9.90. The molecule has 1 amide bonds. The molecule has 2 unspecified atom stereocenters. The van der Waals surface area contributed by atoms with Crippen LogP contribution in [0.25, 0.3) is 0 Å². The van der Waals surface area contributed by atoms with E-state index in [1.54, 1.807) is 0 Å². The summed E-state index contributed by atoms with van der Waals surface area (Å²) in [7, 11) is 1.85. The molecule has 2 atom stereocenters. The van der Waals surface area contributed by atoms with Gasteiger partial charge in [0.15, 0.2) is 0 Å². The predicted octanol–water partition coefficient (Wildman–Crippen LogP) is 1.31. The first kappa shape index (κ1) is 14.2. The van der Waals surface area contributed by atoms with Crippen molar-refractivity contribution in [1.29, 1.82) is 0 Å². The Bertz CT molecular complexity index is 203. The van der Waals surface area contributed by atoms with Crippen LogP contribution in [0.3, 0.4) is 0 Å². The third-order valence-electron chi connectivity index (χ3n) is 2.53. The normalized spacial score (nSPS) is 29.2. The molecule has 0 aromatic rings. The number of rotatable bonds is 5. The Morgan fingerprint density at radius 2 is 2.21 bits per heavy atom. The number of hydrogen-bond donors (Lipinski definition) is 2. The van der Waals surface area contributed by atoms with E-state index in [0.29, 0.717) is 16.7 Å². The molecule has 5 heteroatoms. The van der Waals surface area contributed by atoms with Crippen molar-refractivity contribution in [2.75, 3.05) is 20.1 Å². The summed E-state index contributed by atoms with van der Waals surface area (Å²) in [4.78, 5) is 11.8. The lowest BCUT2D eigenvalue weighted by Gasteiger charge is -2.10. The van der Waals surface area contributed by atoms with Crippen LogP contribution in [0, 0.1) is 5.41 Å². The van der Waals surface area contributed by atoms with E-state index in [2.05, 4.69) is 33.5 Å². The first-order valence-electron chi connectivity index (χ1n) is 4.64. The van der Waals surface area contributed by atoms with Gasteiger partial charge in [0.2, 0.25) is 5.91 Å². The van der Waals surface area contributed by atoms with Gasteiger partial charge in [-0.15, -0.1) is 12.4 Å². The molecule has 1 aliphatic rings. The maximum atomic E-state index is 11.2. The molecule has 0 aliphatic heterocycles. The monoisotopic (exact) mass is 284 g/mol. The van der Waals surface area contributed by atoms with Crippen molar-refractivity contribution in [3.05, 3.63) is 0 Å². The minimum absolute atomic E-state index is 0. The largest absolute Gasteiger partial charge is 0.355 e. The molecule has 14 heavy (non-hydrogen) atoms. The maximum Gasteiger partial charge on any atom is 0.221 e. The van der Waals surface area contributed by atoms with Crippen LogP contribution >= 0.6 is 28.3 Å².